The van der Waals surface area contributed by atoms with Crippen molar-refractivity contribution in [2.75, 3.05) is 50.0 Å². The molecule has 3 aromatic rings. The molecule has 2 aliphatic rings. The molecule has 2 N–H and O–H groups in total. The third-order valence-electron chi connectivity index (χ3n) is 5.44. The molecule has 0 radical (unpaired) electrons. The summed E-state index contributed by atoms with van der Waals surface area (Å²) in [5.74, 6) is 1.89. The summed E-state index contributed by atoms with van der Waals surface area (Å²) in [7, 11) is 0. The lowest BCUT2D eigenvalue weighted by Gasteiger charge is -2.28. The molecule has 5 heterocycles. The first-order valence-corrected chi connectivity index (χ1v) is 10.2. The van der Waals surface area contributed by atoms with Gasteiger partial charge in [-0.15, -0.1) is 5.10 Å². The Hall–Kier alpha value is -2.85. The molecule has 0 unspecified atom stereocenters. The topological polar surface area (TPSA) is 111 Å². The number of morpholine rings is 1. The van der Waals surface area contributed by atoms with Crippen LogP contribution in [0.3, 0.4) is 0 Å². The highest BCUT2D eigenvalue weighted by atomic mass is 16.5. The zero-order chi connectivity index (χ0) is 19.6. The minimum absolute atomic E-state index is 0.243. The Morgan fingerprint density at radius 3 is 2.48 bits per heavy atom. The van der Waals surface area contributed by atoms with Crippen LogP contribution in [0.15, 0.2) is 18.6 Å². The van der Waals surface area contributed by atoms with Gasteiger partial charge in [0.05, 0.1) is 31.6 Å². The van der Waals surface area contributed by atoms with Crippen LogP contribution in [0.4, 0.5) is 11.8 Å². The molecule has 10 heteroatoms. The summed E-state index contributed by atoms with van der Waals surface area (Å²) >= 11 is 0. The van der Waals surface area contributed by atoms with Crippen LogP contribution in [-0.2, 0) is 11.3 Å². The monoisotopic (exact) mass is 395 g/mol. The van der Waals surface area contributed by atoms with E-state index in [4.69, 9.17) is 25.5 Å². The molecule has 10 nitrogen and oxygen atoms in total. The van der Waals surface area contributed by atoms with Gasteiger partial charge >= 0.3 is 0 Å². The minimum Gasteiger partial charge on any atom is -0.378 e. The molecule has 0 atom stereocenters. The average molecular weight is 395 g/mol. The SMILES string of the molecule is Nc1ncc(-c2cn3nc(CN4CCCCC4)nc3c(N3CCOCC3)n2)cn1. The predicted octanol–water partition coefficient (Wildman–Crippen LogP) is 0.986. The first-order valence-electron chi connectivity index (χ1n) is 10.2. The van der Waals surface area contributed by atoms with E-state index in [1.54, 1.807) is 12.4 Å². The van der Waals surface area contributed by atoms with Crippen molar-refractivity contribution in [3.05, 3.63) is 24.4 Å². The van der Waals surface area contributed by atoms with E-state index in [2.05, 4.69) is 19.8 Å². The highest BCUT2D eigenvalue weighted by molar-refractivity contribution is 5.69. The summed E-state index contributed by atoms with van der Waals surface area (Å²) in [4.78, 5) is 22.6. The quantitative estimate of drug-likeness (QED) is 0.691. The van der Waals surface area contributed by atoms with Crippen LogP contribution >= 0.6 is 0 Å². The summed E-state index contributed by atoms with van der Waals surface area (Å²) in [6.07, 6.45) is 9.06. The van der Waals surface area contributed by atoms with Gasteiger partial charge in [0.15, 0.2) is 17.3 Å². The zero-order valence-corrected chi connectivity index (χ0v) is 16.4. The van der Waals surface area contributed by atoms with Crippen molar-refractivity contribution in [3.8, 4) is 11.3 Å². The maximum absolute atomic E-state index is 5.64. The number of aromatic nitrogens is 6. The fourth-order valence-electron chi connectivity index (χ4n) is 3.90. The van der Waals surface area contributed by atoms with Crippen molar-refractivity contribution in [2.45, 2.75) is 25.8 Å². The summed E-state index contributed by atoms with van der Waals surface area (Å²) in [6.45, 7) is 5.90. The Morgan fingerprint density at radius 1 is 0.966 bits per heavy atom. The van der Waals surface area contributed by atoms with E-state index in [0.717, 1.165) is 61.3 Å². The summed E-state index contributed by atoms with van der Waals surface area (Å²) in [5, 5.41) is 4.77. The van der Waals surface area contributed by atoms with Crippen molar-refractivity contribution in [3.63, 3.8) is 0 Å². The first-order chi connectivity index (χ1) is 14.3. The molecule has 2 fully saturated rings. The predicted molar refractivity (Wildman–Crippen MR) is 108 cm³/mol. The largest absolute Gasteiger partial charge is 0.378 e. The lowest BCUT2D eigenvalue weighted by molar-refractivity contribution is 0.122. The number of nitrogens with two attached hydrogens (primary N) is 1. The van der Waals surface area contributed by atoms with Crippen LogP contribution in [0.1, 0.15) is 25.1 Å². The highest BCUT2D eigenvalue weighted by Gasteiger charge is 2.21. The number of fused-ring (bicyclic) bond motifs is 1. The molecule has 29 heavy (non-hydrogen) atoms. The summed E-state index contributed by atoms with van der Waals surface area (Å²) < 4.78 is 7.35. The standard InChI is InChI=1S/C19H25N9O/c20-19-21-10-14(11-22-19)15-12-28-18(17(23-15)27-6-8-29-9-7-27)24-16(25-28)13-26-4-2-1-3-5-26/h10-12H,1-9,13H2,(H2,20,21,22). The van der Waals surface area contributed by atoms with Gasteiger partial charge in [-0.05, 0) is 25.9 Å². The Bertz CT molecular complexity index is 975. The maximum Gasteiger partial charge on any atom is 0.219 e. The van der Waals surface area contributed by atoms with Crippen molar-refractivity contribution >= 4 is 17.4 Å². The van der Waals surface area contributed by atoms with Gasteiger partial charge in [0.25, 0.3) is 0 Å². The fraction of sp³-hybridized carbons (Fsp3) is 0.526. The molecule has 0 spiro atoms. The van der Waals surface area contributed by atoms with Crippen LogP contribution < -0.4 is 10.6 Å². The fourth-order valence-corrected chi connectivity index (χ4v) is 3.90. The van der Waals surface area contributed by atoms with Gasteiger partial charge in [-0.1, -0.05) is 6.42 Å². The molecule has 152 valence electrons. The van der Waals surface area contributed by atoms with Gasteiger partial charge in [-0.3, -0.25) is 4.90 Å². The van der Waals surface area contributed by atoms with E-state index < -0.39 is 0 Å². The second-order valence-electron chi connectivity index (χ2n) is 7.51. The second kappa shape index (κ2) is 7.88. The Labute approximate surface area is 168 Å². The molecular formula is C19H25N9O. The minimum atomic E-state index is 0.243. The Morgan fingerprint density at radius 2 is 1.72 bits per heavy atom. The molecule has 2 aliphatic heterocycles. The number of nitrogens with zero attached hydrogens (tertiary/aromatic N) is 8. The Kier molecular flexibility index (Phi) is 4.94. The molecule has 2 saturated heterocycles. The van der Waals surface area contributed by atoms with E-state index in [-0.39, 0.29) is 5.95 Å². The number of likely N-dealkylation sites (tertiary alicyclic amines) is 1. The number of ether oxygens (including phenoxy) is 1. The van der Waals surface area contributed by atoms with Crippen LogP contribution in [-0.4, -0.2) is 73.8 Å². The molecule has 3 aromatic heterocycles. The van der Waals surface area contributed by atoms with Gasteiger partial charge in [0.1, 0.15) is 0 Å². The van der Waals surface area contributed by atoms with Gasteiger partial charge in [-0.2, -0.15) is 0 Å². The number of nitrogen functional groups attached to an aromatic ring is 1. The van der Waals surface area contributed by atoms with Crippen LogP contribution in [0.5, 0.6) is 0 Å². The molecular weight excluding hydrogens is 370 g/mol. The van der Waals surface area contributed by atoms with Gasteiger partial charge in [0.2, 0.25) is 5.95 Å². The zero-order valence-electron chi connectivity index (χ0n) is 16.4. The van der Waals surface area contributed by atoms with Crippen LogP contribution in [0.25, 0.3) is 16.9 Å². The highest BCUT2D eigenvalue weighted by Crippen LogP contribution is 2.25. The van der Waals surface area contributed by atoms with Crippen molar-refractivity contribution in [2.24, 2.45) is 0 Å². The van der Waals surface area contributed by atoms with E-state index >= 15 is 0 Å². The molecule has 0 aliphatic carbocycles. The molecule has 0 amide bonds. The van der Waals surface area contributed by atoms with E-state index in [1.807, 2.05) is 10.7 Å². The number of hydrogen-bond donors (Lipinski definition) is 1. The van der Waals surface area contributed by atoms with Crippen molar-refractivity contribution in [1.29, 1.82) is 0 Å². The normalized spacial score (nSPS) is 18.4. The second-order valence-corrected chi connectivity index (χ2v) is 7.51. The van der Waals surface area contributed by atoms with Crippen molar-refractivity contribution in [1.82, 2.24) is 34.4 Å². The maximum atomic E-state index is 5.64. The molecule has 0 aromatic carbocycles. The van der Waals surface area contributed by atoms with E-state index in [9.17, 15) is 0 Å². The third kappa shape index (κ3) is 3.85. The molecule has 5 rings (SSSR count). The first kappa shape index (κ1) is 18.2. The van der Waals surface area contributed by atoms with Crippen LogP contribution in [0, 0.1) is 0 Å². The lowest BCUT2D eigenvalue weighted by Crippen LogP contribution is -2.37. The molecule has 0 saturated carbocycles. The molecule has 0 bridgehead atoms. The number of piperidine rings is 1. The lowest BCUT2D eigenvalue weighted by atomic mass is 10.1. The van der Waals surface area contributed by atoms with Gasteiger partial charge in [-0.25, -0.2) is 24.5 Å². The van der Waals surface area contributed by atoms with E-state index in [0.29, 0.717) is 13.2 Å². The number of rotatable bonds is 4. The van der Waals surface area contributed by atoms with Crippen molar-refractivity contribution < 1.29 is 4.74 Å². The number of hydrogen-bond acceptors (Lipinski definition) is 9. The smallest absolute Gasteiger partial charge is 0.219 e. The van der Waals surface area contributed by atoms with Crippen LogP contribution in [0.2, 0.25) is 0 Å². The summed E-state index contributed by atoms with van der Waals surface area (Å²) in [5.41, 5.74) is 7.95. The average Bonchev–Trinajstić information content (AvgIpc) is 3.17. The Balaban J connectivity index is 1.54. The van der Waals surface area contributed by atoms with Gasteiger partial charge < -0.3 is 15.4 Å². The van der Waals surface area contributed by atoms with E-state index in [1.165, 1.54) is 19.3 Å². The number of anilines is 2. The summed E-state index contributed by atoms with van der Waals surface area (Å²) in [6, 6.07) is 0. The van der Waals surface area contributed by atoms with Gasteiger partial charge in [0, 0.05) is 31.0 Å². The third-order valence-corrected chi connectivity index (χ3v) is 5.44.